The second-order valence-corrected chi connectivity index (χ2v) is 15.4. The molecule has 57 heavy (non-hydrogen) atoms. The minimum Gasteiger partial charge on any atom is -0.456 e. The van der Waals surface area contributed by atoms with E-state index in [1.807, 2.05) is 59.9 Å². The Bertz CT molecular complexity index is 3510. The molecular weight excluding hydrogens is 717 g/mol. The minimum atomic E-state index is 0.617. The van der Waals surface area contributed by atoms with Crippen molar-refractivity contribution in [3.63, 3.8) is 0 Å². The zero-order chi connectivity index (χ0) is 37.5. The molecule has 8 aromatic carbocycles. The van der Waals surface area contributed by atoms with Crippen LogP contribution in [0.15, 0.2) is 186 Å². The van der Waals surface area contributed by atoms with Crippen molar-refractivity contribution in [2.24, 2.45) is 0 Å². The molecule has 0 aliphatic carbocycles. The van der Waals surface area contributed by atoms with E-state index < -0.39 is 0 Å². The zero-order valence-corrected chi connectivity index (χ0v) is 31.2. The van der Waals surface area contributed by atoms with Gasteiger partial charge in [0.05, 0.1) is 11.0 Å². The van der Waals surface area contributed by atoms with Gasteiger partial charge in [0.1, 0.15) is 11.2 Å². The number of rotatable bonds is 5. The second kappa shape index (κ2) is 12.6. The van der Waals surface area contributed by atoms with Crippen LogP contribution < -0.4 is 0 Å². The van der Waals surface area contributed by atoms with Gasteiger partial charge in [0.15, 0.2) is 17.5 Å². The molecule has 4 aromatic heterocycles. The van der Waals surface area contributed by atoms with Crippen LogP contribution in [0.25, 0.3) is 115 Å². The Labute approximate surface area is 330 Å². The minimum absolute atomic E-state index is 0.617. The fourth-order valence-corrected chi connectivity index (χ4v) is 9.77. The molecule has 0 fully saturated rings. The molecular formula is C51H30N4OS. The molecule has 0 aliphatic rings. The van der Waals surface area contributed by atoms with Crippen LogP contribution in [-0.2, 0) is 0 Å². The molecule has 266 valence electrons. The normalized spacial score (nSPS) is 11.9. The van der Waals surface area contributed by atoms with E-state index in [4.69, 9.17) is 19.4 Å². The maximum atomic E-state index is 6.16. The predicted octanol–water partition coefficient (Wildman–Crippen LogP) is 13.9. The molecule has 0 saturated heterocycles. The van der Waals surface area contributed by atoms with Crippen LogP contribution in [0.4, 0.5) is 0 Å². The first-order valence-electron chi connectivity index (χ1n) is 19.0. The number of hydrogen-bond acceptors (Lipinski definition) is 5. The lowest BCUT2D eigenvalue weighted by Gasteiger charge is -2.09. The lowest BCUT2D eigenvalue weighted by molar-refractivity contribution is 0.669. The molecule has 0 amide bonds. The Hall–Kier alpha value is -7.41. The quantitative estimate of drug-likeness (QED) is 0.176. The third-order valence-corrected chi connectivity index (χ3v) is 12.3. The van der Waals surface area contributed by atoms with Gasteiger partial charge >= 0.3 is 0 Å². The molecule has 0 bridgehead atoms. The van der Waals surface area contributed by atoms with Crippen molar-refractivity contribution in [2.45, 2.75) is 0 Å². The number of nitrogens with zero attached hydrogens (tertiary/aromatic N) is 4. The first kappa shape index (κ1) is 31.9. The molecule has 5 nitrogen and oxygen atoms in total. The Morgan fingerprint density at radius 2 is 1.02 bits per heavy atom. The van der Waals surface area contributed by atoms with Crippen molar-refractivity contribution in [3.8, 4) is 51.0 Å². The first-order chi connectivity index (χ1) is 28.2. The van der Waals surface area contributed by atoms with E-state index in [0.717, 1.165) is 49.0 Å². The van der Waals surface area contributed by atoms with Crippen LogP contribution in [-0.4, -0.2) is 19.5 Å². The van der Waals surface area contributed by atoms with Gasteiger partial charge in [0, 0.05) is 64.1 Å². The molecule has 0 atom stereocenters. The fraction of sp³-hybridized carbons (Fsp3) is 0. The third-order valence-electron chi connectivity index (χ3n) is 11.1. The molecule has 12 aromatic rings. The van der Waals surface area contributed by atoms with Crippen molar-refractivity contribution < 1.29 is 4.42 Å². The van der Waals surface area contributed by atoms with Gasteiger partial charge in [-0.3, -0.25) is 0 Å². The highest BCUT2D eigenvalue weighted by Gasteiger charge is 2.21. The van der Waals surface area contributed by atoms with Crippen LogP contribution in [0.1, 0.15) is 0 Å². The number of para-hydroxylation sites is 2. The van der Waals surface area contributed by atoms with E-state index in [-0.39, 0.29) is 0 Å². The van der Waals surface area contributed by atoms with E-state index in [2.05, 4.69) is 138 Å². The van der Waals surface area contributed by atoms with Crippen molar-refractivity contribution in [3.05, 3.63) is 182 Å². The van der Waals surface area contributed by atoms with Crippen molar-refractivity contribution in [2.75, 3.05) is 0 Å². The number of fused-ring (bicyclic) bond motifs is 10. The van der Waals surface area contributed by atoms with E-state index in [1.165, 1.54) is 48.4 Å². The van der Waals surface area contributed by atoms with E-state index >= 15 is 0 Å². The summed E-state index contributed by atoms with van der Waals surface area (Å²) in [6.07, 6.45) is 0. The highest BCUT2D eigenvalue weighted by Crippen LogP contribution is 2.46. The van der Waals surface area contributed by atoms with Gasteiger partial charge in [-0.1, -0.05) is 127 Å². The summed E-state index contributed by atoms with van der Waals surface area (Å²) in [6, 6.07) is 63.8. The lowest BCUT2D eigenvalue weighted by atomic mass is 10.0. The summed E-state index contributed by atoms with van der Waals surface area (Å²) in [5.74, 6) is 1.89. The van der Waals surface area contributed by atoms with Crippen LogP contribution in [0.5, 0.6) is 0 Å². The Morgan fingerprint density at radius 1 is 0.386 bits per heavy atom. The van der Waals surface area contributed by atoms with Gasteiger partial charge in [-0.05, 0) is 65.7 Å². The maximum Gasteiger partial charge on any atom is 0.165 e. The second-order valence-electron chi connectivity index (χ2n) is 14.4. The summed E-state index contributed by atoms with van der Waals surface area (Å²) in [5, 5.41) is 6.98. The van der Waals surface area contributed by atoms with E-state index in [0.29, 0.717) is 17.5 Å². The largest absolute Gasteiger partial charge is 0.456 e. The van der Waals surface area contributed by atoms with Crippen LogP contribution in [0.2, 0.25) is 0 Å². The average Bonchev–Trinajstić information content (AvgIpc) is 3.96. The van der Waals surface area contributed by atoms with Gasteiger partial charge in [0.25, 0.3) is 0 Å². The molecule has 0 unspecified atom stereocenters. The molecule has 0 saturated carbocycles. The predicted molar refractivity (Wildman–Crippen MR) is 236 cm³/mol. The van der Waals surface area contributed by atoms with Gasteiger partial charge in [0.2, 0.25) is 0 Å². The van der Waals surface area contributed by atoms with Crippen LogP contribution >= 0.6 is 11.3 Å². The van der Waals surface area contributed by atoms with Crippen LogP contribution in [0.3, 0.4) is 0 Å². The zero-order valence-electron chi connectivity index (χ0n) is 30.4. The van der Waals surface area contributed by atoms with Crippen molar-refractivity contribution >= 4 is 75.3 Å². The average molecular weight is 747 g/mol. The highest BCUT2D eigenvalue weighted by atomic mass is 32.1. The molecule has 0 radical (unpaired) electrons. The monoisotopic (exact) mass is 746 g/mol. The summed E-state index contributed by atoms with van der Waals surface area (Å²) in [4.78, 5) is 15.5. The van der Waals surface area contributed by atoms with Crippen LogP contribution in [0, 0.1) is 0 Å². The van der Waals surface area contributed by atoms with Gasteiger partial charge in [-0.15, -0.1) is 11.3 Å². The number of thiophene rings is 1. The third kappa shape index (κ3) is 5.04. The molecule has 0 aliphatic heterocycles. The Kier molecular flexibility index (Phi) is 7.03. The SMILES string of the molecule is c1ccc(-c2ccc3c4c5sc6c(-c7nc(-c8ccccc8)nc(-c8ccc9oc%10ccccc%10c9c8)n7)cccc6c5ccc4n(-c4ccccc4)c3c2)cc1. The number of furan rings is 1. The smallest absolute Gasteiger partial charge is 0.165 e. The maximum absolute atomic E-state index is 6.16. The van der Waals surface area contributed by atoms with Gasteiger partial charge in [-0.2, -0.15) is 0 Å². The number of benzene rings is 8. The molecule has 4 heterocycles. The van der Waals surface area contributed by atoms with Gasteiger partial charge < -0.3 is 8.98 Å². The summed E-state index contributed by atoms with van der Waals surface area (Å²) in [6.45, 7) is 0. The summed E-state index contributed by atoms with van der Waals surface area (Å²) < 4.78 is 11.0. The van der Waals surface area contributed by atoms with E-state index in [9.17, 15) is 0 Å². The number of aromatic nitrogens is 4. The summed E-state index contributed by atoms with van der Waals surface area (Å²) in [7, 11) is 0. The molecule has 12 rings (SSSR count). The molecule has 0 N–H and O–H groups in total. The molecule has 6 heteroatoms. The standard InChI is InChI=1S/C51H30N4OS/c1-4-13-31(14-5-1)33-23-25-39-43(30-33)55(35-17-8-3-9-18-35)42-27-26-38-37-20-12-21-40(47(37)57-48(38)46(39)42)51-53-49(32-15-6-2-7-16-32)52-50(54-51)34-24-28-45-41(29-34)36-19-10-11-22-44(36)56-45/h1-30H. The first-order valence-corrected chi connectivity index (χ1v) is 19.8. The lowest BCUT2D eigenvalue weighted by Crippen LogP contribution is -2.00. The molecule has 0 spiro atoms. The summed E-state index contributed by atoms with van der Waals surface area (Å²) >= 11 is 1.82. The number of hydrogen-bond donors (Lipinski definition) is 0. The van der Waals surface area contributed by atoms with E-state index in [1.54, 1.807) is 0 Å². The Morgan fingerprint density at radius 3 is 1.84 bits per heavy atom. The highest BCUT2D eigenvalue weighted by molar-refractivity contribution is 7.27. The topological polar surface area (TPSA) is 56.7 Å². The Balaban J connectivity index is 1.10. The van der Waals surface area contributed by atoms with Gasteiger partial charge in [-0.25, -0.2) is 15.0 Å². The summed E-state index contributed by atoms with van der Waals surface area (Å²) in [5.41, 5.74) is 10.4. The van der Waals surface area contributed by atoms with Crippen molar-refractivity contribution in [1.82, 2.24) is 19.5 Å². The van der Waals surface area contributed by atoms with Crippen molar-refractivity contribution in [1.29, 1.82) is 0 Å². The fourth-order valence-electron chi connectivity index (χ4n) is 8.40.